The predicted molar refractivity (Wildman–Crippen MR) is 111 cm³/mol. The number of amides is 2. The summed E-state index contributed by atoms with van der Waals surface area (Å²) in [5, 5.41) is 2.96. The first-order valence-corrected chi connectivity index (χ1v) is 10.2. The summed E-state index contributed by atoms with van der Waals surface area (Å²) in [4.78, 5) is 29.8. The molecular formula is C23H25F2N3O2. The molecule has 7 heteroatoms. The standard InChI is InChI=1S/C23H25F2N3O2/c1-15(17-13-16(24)9-10-18(17)25)27(2)14-21(29)28-20-8-4-3-7-19(20)26-22(30)23(28)11-5-6-12-23/h3-4,7-10,13,15H,5-6,11-12,14H2,1-2H3,(H,26,30). The summed E-state index contributed by atoms with van der Waals surface area (Å²) in [5.41, 5.74) is 0.597. The number of rotatable bonds is 4. The van der Waals surface area contributed by atoms with Crippen LogP contribution in [0.1, 0.15) is 44.2 Å². The second-order valence-electron chi connectivity index (χ2n) is 8.20. The van der Waals surface area contributed by atoms with Crippen molar-refractivity contribution in [1.82, 2.24) is 4.90 Å². The van der Waals surface area contributed by atoms with Gasteiger partial charge in [0.1, 0.15) is 17.2 Å². The third-order valence-corrected chi connectivity index (χ3v) is 6.38. The Hall–Kier alpha value is -2.80. The number of likely N-dealkylation sites (N-methyl/N-ethyl adjacent to an activating group) is 1. The number of fused-ring (bicyclic) bond motifs is 1. The lowest BCUT2D eigenvalue weighted by Crippen LogP contribution is -2.62. The summed E-state index contributed by atoms with van der Waals surface area (Å²) in [5.74, 6) is -1.42. The van der Waals surface area contributed by atoms with E-state index in [4.69, 9.17) is 0 Å². The van der Waals surface area contributed by atoms with Gasteiger partial charge in [-0.15, -0.1) is 0 Å². The van der Waals surface area contributed by atoms with Gasteiger partial charge in [0.25, 0.3) is 5.91 Å². The van der Waals surface area contributed by atoms with Crippen LogP contribution < -0.4 is 10.2 Å². The Balaban J connectivity index is 1.64. The van der Waals surface area contributed by atoms with Gasteiger partial charge in [-0.1, -0.05) is 25.0 Å². The van der Waals surface area contributed by atoms with Crippen molar-refractivity contribution in [2.75, 3.05) is 23.8 Å². The number of anilines is 2. The maximum Gasteiger partial charge on any atom is 0.250 e. The summed E-state index contributed by atoms with van der Waals surface area (Å²) in [7, 11) is 1.70. The van der Waals surface area contributed by atoms with Crippen molar-refractivity contribution in [3.8, 4) is 0 Å². The maximum absolute atomic E-state index is 14.2. The molecule has 1 unspecified atom stereocenters. The van der Waals surface area contributed by atoms with Gasteiger partial charge in [0.05, 0.1) is 17.9 Å². The lowest BCUT2D eigenvalue weighted by Gasteiger charge is -2.45. The Labute approximate surface area is 174 Å². The van der Waals surface area contributed by atoms with Crippen molar-refractivity contribution in [2.24, 2.45) is 0 Å². The third kappa shape index (κ3) is 3.37. The number of carbonyl (C=O) groups excluding carboxylic acids is 2. The highest BCUT2D eigenvalue weighted by atomic mass is 19.1. The van der Waals surface area contributed by atoms with Gasteiger partial charge in [-0.25, -0.2) is 8.78 Å². The summed E-state index contributed by atoms with van der Waals surface area (Å²) >= 11 is 0. The van der Waals surface area contributed by atoms with Gasteiger partial charge in [-0.05, 0) is 57.1 Å². The van der Waals surface area contributed by atoms with E-state index < -0.39 is 23.2 Å². The fraction of sp³-hybridized carbons (Fsp3) is 0.391. The minimum absolute atomic E-state index is 0.0273. The molecule has 1 N–H and O–H groups in total. The van der Waals surface area contributed by atoms with Crippen LogP contribution in [0.2, 0.25) is 0 Å². The molecule has 1 fully saturated rings. The molecule has 4 rings (SSSR count). The Bertz CT molecular complexity index is 988. The van der Waals surface area contributed by atoms with E-state index >= 15 is 0 Å². The highest BCUT2D eigenvalue weighted by Gasteiger charge is 2.52. The van der Waals surface area contributed by atoms with Gasteiger partial charge < -0.3 is 5.32 Å². The molecule has 5 nitrogen and oxygen atoms in total. The lowest BCUT2D eigenvalue weighted by molar-refractivity contribution is -0.128. The second-order valence-corrected chi connectivity index (χ2v) is 8.20. The molecule has 2 amide bonds. The zero-order chi connectivity index (χ0) is 21.5. The van der Waals surface area contributed by atoms with Crippen molar-refractivity contribution in [2.45, 2.75) is 44.2 Å². The molecule has 1 heterocycles. The summed E-state index contributed by atoms with van der Waals surface area (Å²) < 4.78 is 27.8. The molecule has 30 heavy (non-hydrogen) atoms. The van der Waals surface area contributed by atoms with Crippen LogP contribution in [0.15, 0.2) is 42.5 Å². The second kappa shape index (κ2) is 7.80. The van der Waals surface area contributed by atoms with E-state index in [1.807, 2.05) is 18.2 Å². The molecule has 0 bridgehead atoms. The minimum atomic E-state index is -0.889. The van der Waals surface area contributed by atoms with Crippen molar-refractivity contribution in [1.29, 1.82) is 0 Å². The van der Waals surface area contributed by atoms with E-state index in [1.165, 1.54) is 0 Å². The number of nitrogens with one attached hydrogen (secondary N) is 1. The van der Waals surface area contributed by atoms with Crippen molar-refractivity contribution in [3.05, 3.63) is 59.7 Å². The normalized spacial score (nSPS) is 18.4. The van der Waals surface area contributed by atoms with Gasteiger partial charge in [-0.2, -0.15) is 0 Å². The number of para-hydroxylation sites is 2. The quantitative estimate of drug-likeness (QED) is 0.815. The first-order chi connectivity index (χ1) is 14.3. The van der Waals surface area contributed by atoms with Crippen LogP contribution in [0, 0.1) is 11.6 Å². The first kappa shape index (κ1) is 20.5. The van der Waals surface area contributed by atoms with Gasteiger partial charge in [0.15, 0.2) is 0 Å². The molecule has 158 valence electrons. The van der Waals surface area contributed by atoms with Crippen LogP contribution in [0.25, 0.3) is 0 Å². The molecule has 0 radical (unpaired) electrons. The van der Waals surface area contributed by atoms with Crippen LogP contribution in [-0.2, 0) is 9.59 Å². The van der Waals surface area contributed by atoms with Gasteiger partial charge in [0.2, 0.25) is 5.91 Å². The van der Waals surface area contributed by atoms with E-state index in [2.05, 4.69) is 5.32 Å². The number of nitrogens with zero attached hydrogens (tertiary/aromatic N) is 2. The highest BCUT2D eigenvalue weighted by Crippen LogP contribution is 2.45. The fourth-order valence-electron chi connectivity index (χ4n) is 4.62. The van der Waals surface area contributed by atoms with Crippen LogP contribution in [-0.4, -0.2) is 35.8 Å². The average molecular weight is 413 g/mol. The van der Waals surface area contributed by atoms with E-state index in [9.17, 15) is 18.4 Å². The third-order valence-electron chi connectivity index (χ3n) is 6.38. The van der Waals surface area contributed by atoms with Gasteiger partial charge in [0, 0.05) is 11.6 Å². The molecule has 1 spiro atoms. The predicted octanol–water partition coefficient (Wildman–Crippen LogP) is 4.26. The number of hydrogen-bond acceptors (Lipinski definition) is 3. The summed E-state index contributed by atoms with van der Waals surface area (Å²) in [6, 6.07) is 10.1. The number of benzene rings is 2. The largest absolute Gasteiger partial charge is 0.322 e. The molecule has 0 saturated heterocycles. The first-order valence-electron chi connectivity index (χ1n) is 10.2. The maximum atomic E-state index is 14.2. The Morgan fingerprint density at radius 1 is 1.20 bits per heavy atom. The Morgan fingerprint density at radius 2 is 1.90 bits per heavy atom. The lowest BCUT2D eigenvalue weighted by atomic mass is 9.89. The number of carbonyl (C=O) groups is 2. The van der Waals surface area contributed by atoms with Crippen LogP contribution in [0.5, 0.6) is 0 Å². The topological polar surface area (TPSA) is 52.7 Å². The summed E-state index contributed by atoms with van der Waals surface area (Å²) in [6.45, 7) is 1.70. The molecule has 0 aromatic heterocycles. The highest BCUT2D eigenvalue weighted by molar-refractivity contribution is 6.15. The van der Waals surface area contributed by atoms with E-state index in [1.54, 1.807) is 29.8 Å². The molecule has 2 aromatic rings. The van der Waals surface area contributed by atoms with E-state index in [-0.39, 0.29) is 23.9 Å². The van der Waals surface area contributed by atoms with Gasteiger partial charge >= 0.3 is 0 Å². The molecule has 2 aliphatic rings. The minimum Gasteiger partial charge on any atom is -0.322 e. The van der Waals surface area contributed by atoms with Crippen molar-refractivity contribution < 1.29 is 18.4 Å². The molecule has 1 atom stereocenters. The SMILES string of the molecule is CC(c1cc(F)ccc1F)N(C)CC(=O)N1c2ccccc2NC(=O)C12CCCC2. The van der Waals surface area contributed by atoms with Crippen LogP contribution >= 0.6 is 0 Å². The van der Waals surface area contributed by atoms with E-state index in [0.29, 0.717) is 24.2 Å². The number of hydrogen-bond donors (Lipinski definition) is 1. The van der Waals surface area contributed by atoms with Crippen molar-refractivity contribution in [3.63, 3.8) is 0 Å². The average Bonchev–Trinajstić information content (AvgIpc) is 3.20. The molecular weight excluding hydrogens is 388 g/mol. The smallest absolute Gasteiger partial charge is 0.250 e. The Kier molecular flexibility index (Phi) is 5.32. The molecule has 1 saturated carbocycles. The molecule has 1 aliphatic heterocycles. The zero-order valence-electron chi connectivity index (χ0n) is 17.1. The van der Waals surface area contributed by atoms with E-state index in [0.717, 1.165) is 31.0 Å². The van der Waals surface area contributed by atoms with Crippen LogP contribution in [0.3, 0.4) is 0 Å². The monoisotopic (exact) mass is 413 g/mol. The fourth-order valence-corrected chi connectivity index (χ4v) is 4.62. The molecule has 1 aliphatic carbocycles. The van der Waals surface area contributed by atoms with Crippen LogP contribution in [0.4, 0.5) is 20.2 Å². The Morgan fingerprint density at radius 3 is 2.63 bits per heavy atom. The number of halogens is 2. The molecule has 2 aromatic carbocycles. The van der Waals surface area contributed by atoms with Crippen molar-refractivity contribution >= 4 is 23.2 Å². The summed E-state index contributed by atoms with van der Waals surface area (Å²) in [6.07, 6.45) is 2.97. The van der Waals surface area contributed by atoms with Gasteiger partial charge in [-0.3, -0.25) is 19.4 Å². The zero-order valence-corrected chi connectivity index (χ0v) is 17.1.